The number of nitro benzene ring substituents is 1. The Bertz CT molecular complexity index is 1030. The molecule has 1 N–H and O–H groups in total. The second-order valence-corrected chi connectivity index (χ2v) is 6.57. The fourth-order valence-corrected chi connectivity index (χ4v) is 3.24. The summed E-state index contributed by atoms with van der Waals surface area (Å²) in [6.07, 6.45) is 2.50. The quantitative estimate of drug-likeness (QED) is 0.360. The Hall–Kier alpha value is -3.50. The molecule has 0 unspecified atom stereocenters. The van der Waals surface area contributed by atoms with Crippen LogP contribution in [0.4, 0.5) is 11.4 Å². The van der Waals surface area contributed by atoms with E-state index in [2.05, 4.69) is 35.4 Å². The molecule has 0 amide bonds. The van der Waals surface area contributed by atoms with E-state index >= 15 is 0 Å². The predicted molar refractivity (Wildman–Crippen MR) is 107 cm³/mol. The van der Waals surface area contributed by atoms with Crippen LogP contribution >= 0.6 is 11.3 Å². The molecule has 7 heteroatoms. The monoisotopic (exact) mass is 376 g/mol. The molecule has 2 aromatic carbocycles. The van der Waals surface area contributed by atoms with Crippen LogP contribution in [-0.4, -0.2) is 9.91 Å². The van der Waals surface area contributed by atoms with Crippen LogP contribution in [-0.2, 0) is 6.42 Å². The van der Waals surface area contributed by atoms with E-state index in [9.17, 15) is 15.4 Å². The van der Waals surface area contributed by atoms with E-state index in [1.54, 1.807) is 12.1 Å². The van der Waals surface area contributed by atoms with Gasteiger partial charge in [-0.1, -0.05) is 37.3 Å². The minimum absolute atomic E-state index is 0.0148. The number of benzene rings is 2. The summed E-state index contributed by atoms with van der Waals surface area (Å²) < 4.78 is 0. The van der Waals surface area contributed by atoms with Crippen LogP contribution in [0, 0.1) is 21.4 Å². The molecule has 0 aliphatic heterocycles. The summed E-state index contributed by atoms with van der Waals surface area (Å²) >= 11 is 1.38. The molecule has 0 bridgehead atoms. The van der Waals surface area contributed by atoms with E-state index in [4.69, 9.17) is 0 Å². The van der Waals surface area contributed by atoms with Crippen LogP contribution in [0.3, 0.4) is 0 Å². The Morgan fingerprint density at radius 1 is 1.33 bits per heavy atom. The number of allylic oxidation sites excluding steroid dienone is 1. The molecule has 0 radical (unpaired) electrons. The molecular formula is C20H16N4O2S. The van der Waals surface area contributed by atoms with Crippen molar-refractivity contribution >= 4 is 28.3 Å². The SMILES string of the molecule is CCc1ccc(-c2csc(C(C#N)=CNc3cccc([N+](=O)[O-])c3)n2)cc1. The van der Waals surface area contributed by atoms with Crippen molar-refractivity contribution in [2.45, 2.75) is 13.3 Å². The molecule has 0 aliphatic rings. The number of hydrogen-bond donors (Lipinski definition) is 1. The average Bonchev–Trinajstić information content (AvgIpc) is 3.19. The highest BCUT2D eigenvalue weighted by molar-refractivity contribution is 7.11. The van der Waals surface area contributed by atoms with Crippen molar-refractivity contribution in [2.24, 2.45) is 0 Å². The lowest BCUT2D eigenvalue weighted by atomic mass is 10.1. The molecule has 6 nitrogen and oxygen atoms in total. The Morgan fingerprint density at radius 3 is 2.78 bits per heavy atom. The number of nitro groups is 1. The number of thiazole rings is 1. The molecule has 0 spiro atoms. The molecule has 0 atom stereocenters. The van der Waals surface area contributed by atoms with Gasteiger partial charge in [-0.3, -0.25) is 10.1 Å². The van der Waals surface area contributed by atoms with Gasteiger partial charge in [-0.05, 0) is 18.1 Å². The van der Waals surface area contributed by atoms with Crippen LogP contribution in [0.15, 0.2) is 60.1 Å². The van der Waals surface area contributed by atoms with Crippen molar-refractivity contribution < 1.29 is 4.92 Å². The predicted octanol–water partition coefficient (Wildman–Crippen LogP) is 5.26. The lowest BCUT2D eigenvalue weighted by molar-refractivity contribution is -0.384. The van der Waals surface area contributed by atoms with Crippen LogP contribution < -0.4 is 5.32 Å². The molecule has 27 heavy (non-hydrogen) atoms. The van der Waals surface area contributed by atoms with Gasteiger partial charge in [-0.15, -0.1) is 11.3 Å². The van der Waals surface area contributed by atoms with E-state index < -0.39 is 4.92 Å². The minimum Gasteiger partial charge on any atom is -0.360 e. The van der Waals surface area contributed by atoms with Crippen molar-refractivity contribution in [3.05, 3.63) is 80.8 Å². The van der Waals surface area contributed by atoms with Gasteiger partial charge in [0.1, 0.15) is 16.6 Å². The summed E-state index contributed by atoms with van der Waals surface area (Å²) in [5, 5.41) is 25.7. The smallest absolute Gasteiger partial charge is 0.271 e. The molecule has 1 aromatic heterocycles. The number of rotatable bonds is 6. The fourth-order valence-electron chi connectivity index (χ4n) is 2.45. The molecule has 0 saturated carbocycles. The van der Waals surface area contributed by atoms with Crippen molar-refractivity contribution in [3.8, 4) is 17.3 Å². The zero-order chi connectivity index (χ0) is 19.2. The van der Waals surface area contributed by atoms with Crippen LogP contribution in [0.25, 0.3) is 16.8 Å². The van der Waals surface area contributed by atoms with Crippen molar-refractivity contribution in [1.82, 2.24) is 4.98 Å². The minimum atomic E-state index is -0.461. The average molecular weight is 376 g/mol. The van der Waals surface area contributed by atoms with E-state index in [-0.39, 0.29) is 5.69 Å². The molecule has 1 heterocycles. The molecule has 3 aromatic rings. The summed E-state index contributed by atoms with van der Waals surface area (Å²) in [6, 6.07) is 16.4. The van der Waals surface area contributed by atoms with Gasteiger partial charge in [0, 0.05) is 35.0 Å². The number of nitrogens with zero attached hydrogens (tertiary/aromatic N) is 3. The maximum absolute atomic E-state index is 10.8. The van der Waals surface area contributed by atoms with Crippen LogP contribution in [0.2, 0.25) is 0 Å². The number of nitriles is 1. The van der Waals surface area contributed by atoms with E-state index in [1.165, 1.54) is 35.2 Å². The molecule has 3 rings (SSSR count). The Kier molecular flexibility index (Phi) is 5.59. The maximum atomic E-state index is 10.8. The number of hydrogen-bond acceptors (Lipinski definition) is 6. The Labute approximate surface area is 160 Å². The van der Waals surface area contributed by atoms with E-state index in [0.717, 1.165) is 17.7 Å². The second kappa shape index (κ2) is 8.25. The summed E-state index contributed by atoms with van der Waals surface area (Å²) in [5.74, 6) is 0. The maximum Gasteiger partial charge on any atom is 0.271 e. The number of non-ortho nitro benzene ring substituents is 1. The first kappa shape index (κ1) is 18.3. The van der Waals surface area contributed by atoms with Crippen LogP contribution in [0.1, 0.15) is 17.5 Å². The molecular weight excluding hydrogens is 360 g/mol. The van der Waals surface area contributed by atoms with Gasteiger partial charge in [0.25, 0.3) is 5.69 Å². The van der Waals surface area contributed by atoms with Gasteiger partial charge in [-0.2, -0.15) is 5.26 Å². The molecule has 0 saturated heterocycles. The van der Waals surface area contributed by atoms with Gasteiger partial charge in [0.2, 0.25) is 0 Å². The molecule has 0 aliphatic carbocycles. The summed E-state index contributed by atoms with van der Waals surface area (Å²) in [5.41, 5.74) is 3.95. The number of nitrogens with one attached hydrogen (secondary N) is 1. The molecule has 0 fully saturated rings. The Balaban J connectivity index is 1.80. The summed E-state index contributed by atoms with van der Waals surface area (Å²) in [7, 11) is 0. The van der Waals surface area contributed by atoms with E-state index in [0.29, 0.717) is 16.3 Å². The van der Waals surface area contributed by atoms with Gasteiger partial charge in [-0.25, -0.2) is 4.98 Å². The highest BCUT2D eigenvalue weighted by atomic mass is 32.1. The zero-order valence-electron chi connectivity index (χ0n) is 14.5. The largest absolute Gasteiger partial charge is 0.360 e. The number of anilines is 1. The number of aryl methyl sites for hydroxylation is 1. The fraction of sp³-hybridized carbons (Fsp3) is 0.100. The standard InChI is InChI=1S/C20H16N4O2S/c1-2-14-6-8-15(9-7-14)19-13-27-20(23-19)16(11-21)12-22-17-4-3-5-18(10-17)24(25)26/h3-10,12-13,22H,2H2,1H3. The van der Waals surface area contributed by atoms with E-state index in [1.807, 2.05) is 17.5 Å². The van der Waals surface area contributed by atoms with Crippen molar-refractivity contribution in [2.75, 3.05) is 5.32 Å². The highest BCUT2D eigenvalue weighted by Gasteiger charge is 2.10. The third-order valence-corrected chi connectivity index (χ3v) is 4.83. The molecule has 134 valence electrons. The van der Waals surface area contributed by atoms with Crippen molar-refractivity contribution in [3.63, 3.8) is 0 Å². The third kappa shape index (κ3) is 4.37. The van der Waals surface area contributed by atoms with Gasteiger partial charge >= 0.3 is 0 Å². The summed E-state index contributed by atoms with van der Waals surface area (Å²) in [6.45, 7) is 2.11. The van der Waals surface area contributed by atoms with Gasteiger partial charge in [0.15, 0.2) is 0 Å². The normalized spacial score (nSPS) is 11.0. The van der Waals surface area contributed by atoms with Crippen LogP contribution in [0.5, 0.6) is 0 Å². The van der Waals surface area contributed by atoms with Crippen molar-refractivity contribution in [1.29, 1.82) is 5.26 Å². The second-order valence-electron chi connectivity index (χ2n) is 5.71. The number of aromatic nitrogens is 1. The lowest BCUT2D eigenvalue weighted by Crippen LogP contribution is -1.93. The Morgan fingerprint density at radius 2 is 2.11 bits per heavy atom. The highest BCUT2D eigenvalue weighted by Crippen LogP contribution is 2.26. The topological polar surface area (TPSA) is 91.8 Å². The first-order valence-electron chi connectivity index (χ1n) is 8.27. The van der Waals surface area contributed by atoms with Gasteiger partial charge < -0.3 is 5.32 Å². The lowest BCUT2D eigenvalue weighted by Gasteiger charge is -2.01. The zero-order valence-corrected chi connectivity index (χ0v) is 15.4. The first-order chi connectivity index (χ1) is 13.1. The summed E-state index contributed by atoms with van der Waals surface area (Å²) in [4.78, 5) is 14.9. The third-order valence-electron chi connectivity index (χ3n) is 3.95. The van der Waals surface area contributed by atoms with Gasteiger partial charge in [0.05, 0.1) is 10.6 Å². The first-order valence-corrected chi connectivity index (χ1v) is 9.15.